The van der Waals surface area contributed by atoms with Crippen LogP contribution in [-0.4, -0.2) is 24.6 Å². The average Bonchev–Trinajstić information content (AvgIpc) is 3.12. The zero-order chi connectivity index (χ0) is 16.7. The molecule has 5 nitrogen and oxygen atoms in total. The number of pyridine rings is 1. The maximum Gasteiger partial charge on any atom is 0.260 e. The maximum atomic E-state index is 13.6. The minimum Gasteiger partial charge on any atom is -0.486 e. The van der Waals surface area contributed by atoms with Crippen LogP contribution in [0, 0.1) is 5.82 Å². The number of nitrogens with zero attached hydrogens (tertiary/aromatic N) is 1. The molecule has 0 aliphatic carbocycles. The third-order valence-electron chi connectivity index (χ3n) is 4.15. The summed E-state index contributed by atoms with van der Waals surface area (Å²) in [5.41, 5.74) is 3.93. The number of hydrogen-bond acceptors (Lipinski definition) is 4. The van der Waals surface area contributed by atoms with Crippen molar-refractivity contribution in [3.8, 4) is 0 Å². The van der Waals surface area contributed by atoms with Crippen LogP contribution >= 0.6 is 0 Å². The Bertz CT molecular complexity index is 877. The Hall–Kier alpha value is -2.73. The molecule has 24 heavy (non-hydrogen) atoms. The van der Waals surface area contributed by atoms with Gasteiger partial charge in [-0.1, -0.05) is 0 Å². The second kappa shape index (κ2) is 5.72. The number of hydrogen-bond donors (Lipinski definition) is 1. The monoisotopic (exact) mass is 326 g/mol. The number of ether oxygens (including phenoxy) is 2. The molecule has 3 heterocycles. The van der Waals surface area contributed by atoms with Crippen LogP contribution in [0.15, 0.2) is 30.3 Å². The molecule has 2 aromatic rings. The van der Waals surface area contributed by atoms with Crippen LogP contribution in [0.2, 0.25) is 0 Å². The molecule has 0 unspecified atom stereocenters. The van der Waals surface area contributed by atoms with Gasteiger partial charge in [-0.25, -0.2) is 4.39 Å². The van der Waals surface area contributed by atoms with E-state index in [4.69, 9.17) is 9.47 Å². The van der Waals surface area contributed by atoms with Crippen LogP contribution in [0.25, 0.3) is 11.3 Å². The van der Waals surface area contributed by atoms with Crippen LogP contribution in [0.4, 0.5) is 10.1 Å². The molecule has 0 radical (unpaired) electrons. The summed E-state index contributed by atoms with van der Waals surface area (Å²) in [5, 5.41) is 2.74. The van der Waals surface area contributed by atoms with Gasteiger partial charge in [0.1, 0.15) is 18.2 Å². The van der Waals surface area contributed by atoms with Crippen LogP contribution in [0.3, 0.4) is 0 Å². The van der Waals surface area contributed by atoms with Gasteiger partial charge in [0.15, 0.2) is 0 Å². The van der Waals surface area contributed by atoms with Crippen molar-refractivity contribution in [3.05, 3.63) is 58.7 Å². The van der Waals surface area contributed by atoms with Gasteiger partial charge in [-0.3, -0.25) is 9.78 Å². The summed E-state index contributed by atoms with van der Waals surface area (Å²) >= 11 is 0. The summed E-state index contributed by atoms with van der Waals surface area (Å²) in [5.74, 6) is -0.228. The van der Waals surface area contributed by atoms with Gasteiger partial charge in [0.05, 0.1) is 17.9 Å². The van der Waals surface area contributed by atoms with E-state index in [0.29, 0.717) is 42.2 Å². The van der Waals surface area contributed by atoms with Crippen LogP contribution in [0.5, 0.6) is 0 Å². The minimum atomic E-state index is -0.394. The summed E-state index contributed by atoms with van der Waals surface area (Å²) in [4.78, 5) is 16.9. The van der Waals surface area contributed by atoms with E-state index in [9.17, 15) is 9.18 Å². The SMILES string of the molecule is COCCc1ccc2c(n1)COC2=C1C(=O)Nc2ccc(F)cc21. The molecule has 0 saturated carbocycles. The lowest BCUT2D eigenvalue weighted by molar-refractivity contribution is -0.110. The number of methoxy groups -OCH3 is 1. The van der Waals surface area contributed by atoms with E-state index in [2.05, 4.69) is 10.3 Å². The van der Waals surface area contributed by atoms with Crippen molar-refractivity contribution < 1.29 is 18.7 Å². The Labute approximate surface area is 138 Å². The first-order chi connectivity index (χ1) is 11.7. The second-order valence-corrected chi connectivity index (χ2v) is 5.68. The van der Waals surface area contributed by atoms with Crippen molar-refractivity contribution in [1.29, 1.82) is 0 Å². The highest BCUT2D eigenvalue weighted by atomic mass is 19.1. The first-order valence-corrected chi connectivity index (χ1v) is 7.64. The molecule has 0 atom stereocenters. The first-order valence-electron chi connectivity index (χ1n) is 7.64. The quantitative estimate of drug-likeness (QED) is 0.881. The van der Waals surface area contributed by atoms with Crippen molar-refractivity contribution >= 4 is 22.9 Å². The number of carbonyl (C=O) groups excluding carboxylic acids is 1. The average molecular weight is 326 g/mol. The second-order valence-electron chi connectivity index (χ2n) is 5.68. The van der Waals surface area contributed by atoms with Gasteiger partial charge in [-0.2, -0.15) is 0 Å². The Morgan fingerprint density at radius 1 is 1.29 bits per heavy atom. The van der Waals surface area contributed by atoms with Crippen molar-refractivity contribution in [3.63, 3.8) is 0 Å². The van der Waals surface area contributed by atoms with Gasteiger partial charge in [0, 0.05) is 36.0 Å². The fraction of sp³-hybridized carbons (Fsp3) is 0.222. The van der Waals surface area contributed by atoms with Crippen molar-refractivity contribution in [2.45, 2.75) is 13.0 Å². The van der Waals surface area contributed by atoms with E-state index >= 15 is 0 Å². The molecular formula is C18H15FN2O3. The van der Waals surface area contributed by atoms with Gasteiger partial charge >= 0.3 is 0 Å². The fourth-order valence-corrected chi connectivity index (χ4v) is 3.00. The van der Waals surface area contributed by atoms with Crippen LogP contribution in [-0.2, 0) is 27.3 Å². The number of fused-ring (bicyclic) bond motifs is 2. The maximum absolute atomic E-state index is 13.6. The predicted octanol–water partition coefficient (Wildman–Crippen LogP) is 2.76. The first kappa shape index (κ1) is 14.8. The van der Waals surface area contributed by atoms with Gasteiger partial charge < -0.3 is 14.8 Å². The standard InChI is InChI=1S/C18H15FN2O3/c1-23-7-6-11-3-4-12-15(20-11)9-24-17(12)16-13-8-10(19)2-5-14(13)21-18(16)22/h2-5,8H,6-7,9H2,1H3,(H,21,22). The molecular weight excluding hydrogens is 311 g/mol. The number of benzene rings is 1. The predicted molar refractivity (Wildman–Crippen MR) is 86.4 cm³/mol. The molecule has 1 N–H and O–H groups in total. The number of carbonyl (C=O) groups is 1. The molecule has 1 aromatic heterocycles. The zero-order valence-corrected chi connectivity index (χ0v) is 13.1. The Morgan fingerprint density at radius 2 is 2.17 bits per heavy atom. The molecule has 2 aliphatic rings. The number of rotatable bonds is 3. The Morgan fingerprint density at radius 3 is 3.00 bits per heavy atom. The van der Waals surface area contributed by atoms with Crippen LogP contribution < -0.4 is 5.32 Å². The smallest absolute Gasteiger partial charge is 0.260 e. The van der Waals surface area contributed by atoms with Gasteiger partial charge in [-0.05, 0) is 30.3 Å². The normalized spacial score (nSPS) is 18.2. The number of anilines is 1. The van der Waals surface area contributed by atoms with E-state index in [-0.39, 0.29) is 5.91 Å². The summed E-state index contributed by atoms with van der Waals surface area (Å²) < 4.78 is 24.4. The highest BCUT2D eigenvalue weighted by Gasteiger charge is 2.33. The molecule has 122 valence electrons. The summed E-state index contributed by atoms with van der Waals surface area (Å²) in [6.45, 7) is 0.891. The van der Waals surface area contributed by atoms with E-state index in [1.54, 1.807) is 13.2 Å². The van der Waals surface area contributed by atoms with Gasteiger partial charge in [0.25, 0.3) is 5.91 Å². The molecule has 6 heteroatoms. The molecule has 2 aliphatic heterocycles. The molecule has 0 fully saturated rings. The van der Waals surface area contributed by atoms with E-state index in [1.165, 1.54) is 12.1 Å². The Kier molecular flexibility index (Phi) is 3.54. The van der Waals surface area contributed by atoms with E-state index in [0.717, 1.165) is 17.0 Å². The molecule has 0 saturated heterocycles. The van der Waals surface area contributed by atoms with Crippen LogP contribution in [0.1, 0.15) is 22.5 Å². The topological polar surface area (TPSA) is 60.5 Å². The fourth-order valence-electron chi connectivity index (χ4n) is 3.00. The third-order valence-corrected chi connectivity index (χ3v) is 4.15. The molecule has 0 spiro atoms. The van der Waals surface area contributed by atoms with E-state index < -0.39 is 5.82 Å². The van der Waals surface area contributed by atoms with E-state index in [1.807, 2.05) is 12.1 Å². The van der Waals surface area contributed by atoms with Gasteiger partial charge in [-0.15, -0.1) is 0 Å². The highest BCUT2D eigenvalue weighted by Crippen LogP contribution is 2.41. The lowest BCUT2D eigenvalue weighted by atomic mass is 10.0. The summed E-state index contributed by atoms with van der Waals surface area (Å²) in [6.07, 6.45) is 0.713. The number of nitrogens with one attached hydrogen (secondary N) is 1. The number of halogens is 1. The lowest BCUT2D eigenvalue weighted by Crippen LogP contribution is -2.05. The summed E-state index contributed by atoms with van der Waals surface area (Å²) in [6, 6.07) is 8.01. The molecule has 0 bridgehead atoms. The largest absolute Gasteiger partial charge is 0.486 e. The number of amides is 1. The molecule has 4 rings (SSSR count). The minimum absolute atomic E-state index is 0.290. The highest BCUT2D eigenvalue weighted by molar-refractivity contribution is 6.36. The molecule has 1 aromatic carbocycles. The zero-order valence-electron chi connectivity index (χ0n) is 13.1. The summed E-state index contributed by atoms with van der Waals surface area (Å²) in [7, 11) is 1.65. The third kappa shape index (κ3) is 2.35. The van der Waals surface area contributed by atoms with Crippen molar-refractivity contribution in [1.82, 2.24) is 4.98 Å². The van der Waals surface area contributed by atoms with Gasteiger partial charge in [0.2, 0.25) is 0 Å². The Balaban J connectivity index is 1.79. The van der Waals surface area contributed by atoms with Crippen molar-refractivity contribution in [2.75, 3.05) is 19.0 Å². The molecule has 1 amide bonds. The van der Waals surface area contributed by atoms with Crippen molar-refractivity contribution in [2.24, 2.45) is 0 Å². The lowest BCUT2D eigenvalue weighted by Gasteiger charge is -2.05. The number of aromatic nitrogens is 1.